The van der Waals surface area contributed by atoms with E-state index in [-0.39, 0.29) is 23.7 Å². The number of carbonyl (C=O) groups excluding carboxylic acids is 2. The van der Waals surface area contributed by atoms with Crippen LogP contribution in [-0.4, -0.2) is 54.3 Å². The molecule has 4 aromatic rings. The molecule has 0 saturated carbocycles. The van der Waals surface area contributed by atoms with E-state index in [1.807, 2.05) is 54.6 Å². The number of amides is 1. The number of methoxy groups -OCH3 is 6. The van der Waals surface area contributed by atoms with Gasteiger partial charge < -0.3 is 33.7 Å². The quantitative estimate of drug-likeness (QED) is 0.206. The predicted octanol–water partition coefficient (Wildman–Crippen LogP) is 6.95. The zero-order valence-electron chi connectivity index (χ0n) is 27.8. The van der Waals surface area contributed by atoms with Gasteiger partial charge >= 0.3 is 0 Å². The second kappa shape index (κ2) is 13.6. The molecule has 1 aliphatic heterocycles. The molecule has 0 spiro atoms. The maximum atomic E-state index is 15.1. The van der Waals surface area contributed by atoms with Crippen LogP contribution in [0.3, 0.4) is 0 Å². The standard InChI is InChI=1S/C38H38N2O8/c1-43-30-18-24(19-31(44-2)36(30)47-5)35-34-27(16-23(17-29(34)41)22-12-8-7-9-13-22)39-26-14-10-11-15-28(26)40(35)38(42)25-20-32(45-3)37(48-6)33(21-25)46-4/h7-15,18-21,23,35,39H,16-17H2,1-6H3/t23-,35+/m1/s1. The summed E-state index contributed by atoms with van der Waals surface area (Å²) in [5.41, 5.74) is 4.43. The number of nitrogens with zero attached hydrogens (tertiary/aromatic N) is 1. The summed E-state index contributed by atoms with van der Waals surface area (Å²) in [5.74, 6) is 1.67. The molecule has 2 aliphatic rings. The van der Waals surface area contributed by atoms with Crippen molar-refractivity contribution in [3.05, 3.63) is 107 Å². The molecule has 10 heteroatoms. The van der Waals surface area contributed by atoms with Crippen molar-refractivity contribution >= 4 is 23.1 Å². The lowest BCUT2D eigenvalue weighted by atomic mass is 9.78. The average molecular weight is 651 g/mol. The molecule has 1 aliphatic carbocycles. The maximum Gasteiger partial charge on any atom is 0.259 e. The van der Waals surface area contributed by atoms with Gasteiger partial charge in [-0.1, -0.05) is 42.5 Å². The normalized spacial score (nSPS) is 17.0. The highest BCUT2D eigenvalue weighted by molar-refractivity contribution is 6.12. The van der Waals surface area contributed by atoms with Crippen LogP contribution in [0.15, 0.2) is 90.1 Å². The van der Waals surface area contributed by atoms with Gasteiger partial charge in [0.05, 0.1) is 60.1 Å². The molecule has 0 saturated heterocycles. The fourth-order valence-electron chi connectivity index (χ4n) is 6.69. The number of ketones is 1. The van der Waals surface area contributed by atoms with E-state index in [2.05, 4.69) is 5.32 Å². The summed E-state index contributed by atoms with van der Waals surface area (Å²) in [4.78, 5) is 31.2. The van der Waals surface area contributed by atoms with Crippen LogP contribution in [0.25, 0.3) is 0 Å². The van der Waals surface area contributed by atoms with Crippen LogP contribution in [0.4, 0.5) is 11.4 Å². The Morgan fingerprint density at radius 2 is 1.21 bits per heavy atom. The molecule has 0 bridgehead atoms. The van der Waals surface area contributed by atoms with Crippen LogP contribution < -0.4 is 38.6 Å². The topological polar surface area (TPSA) is 105 Å². The summed E-state index contributed by atoms with van der Waals surface area (Å²) >= 11 is 0. The number of benzene rings is 4. The Balaban J connectivity index is 1.63. The van der Waals surface area contributed by atoms with E-state index < -0.39 is 11.9 Å². The van der Waals surface area contributed by atoms with Crippen molar-refractivity contribution in [2.75, 3.05) is 52.9 Å². The molecule has 2 atom stereocenters. The summed E-state index contributed by atoms with van der Waals surface area (Å²) in [5, 5.41) is 3.58. The monoisotopic (exact) mass is 650 g/mol. The van der Waals surface area contributed by atoms with Gasteiger partial charge in [-0.15, -0.1) is 0 Å². The van der Waals surface area contributed by atoms with Gasteiger partial charge in [0.1, 0.15) is 0 Å². The molecule has 1 heterocycles. The summed E-state index contributed by atoms with van der Waals surface area (Å²) in [6, 6.07) is 23.5. The lowest BCUT2D eigenvalue weighted by Crippen LogP contribution is -2.38. The number of para-hydroxylation sites is 2. The number of allylic oxidation sites excluding steroid dienone is 1. The Labute approximate surface area is 279 Å². The number of hydrogen-bond acceptors (Lipinski definition) is 9. The van der Waals surface area contributed by atoms with Crippen molar-refractivity contribution in [2.45, 2.75) is 24.8 Å². The summed E-state index contributed by atoms with van der Waals surface area (Å²) in [6.45, 7) is 0. The van der Waals surface area contributed by atoms with Crippen LogP contribution in [-0.2, 0) is 4.79 Å². The Kier molecular flexibility index (Phi) is 9.16. The molecule has 0 radical (unpaired) electrons. The van der Waals surface area contributed by atoms with Gasteiger partial charge in [0.15, 0.2) is 28.8 Å². The van der Waals surface area contributed by atoms with E-state index in [0.29, 0.717) is 63.4 Å². The van der Waals surface area contributed by atoms with Crippen molar-refractivity contribution < 1.29 is 38.0 Å². The molecule has 0 aromatic heterocycles. The Morgan fingerprint density at radius 1 is 0.667 bits per heavy atom. The third kappa shape index (κ3) is 5.63. The Bertz CT molecular complexity index is 1840. The number of hydrogen-bond donors (Lipinski definition) is 1. The first-order valence-electron chi connectivity index (χ1n) is 15.5. The largest absolute Gasteiger partial charge is 0.493 e. The molecule has 0 unspecified atom stereocenters. The number of fused-ring (bicyclic) bond motifs is 1. The van der Waals surface area contributed by atoms with E-state index in [0.717, 1.165) is 11.3 Å². The molecule has 4 aromatic carbocycles. The van der Waals surface area contributed by atoms with Crippen LogP contribution >= 0.6 is 0 Å². The first-order chi connectivity index (χ1) is 23.4. The van der Waals surface area contributed by atoms with Crippen molar-refractivity contribution in [1.29, 1.82) is 0 Å². The second-order valence-electron chi connectivity index (χ2n) is 11.4. The minimum Gasteiger partial charge on any atom is -0.493 e. The van der Waals surface area contributed by atoms with Gasteiger partial charge in [-0.3, -0.25) is 14.5 Å². The van der Waals surface area contributed by atoms with Crippen LogP contribution in [0, 0.1) is 0 Å². The fourth-order valence-corrected chi connectivity index (χ4v) is 6.69. The lowest BCUT2D eigenvalue weighted by molar-refractivity contribution is -0.116. The number of rotatable bonds is 9. The van der Waals surface area contributed by atoms with E-state index in [9.17, 15) is 4.79 Å². The molecule has 1 N–H and O–H groups in total. The summed E-state index contributed by atoms with van der Waals surface area (Å²) < 4.78 is 33.9. The number of Topliss-reactive ketones (excluding diaryl/α,β-unsaturated/α-hetero) is 1. The van der Waals surface area contributed by atoms with Crippen LogP contribution in [0.2, 0.25) is 0 Å². The molecule has 10 nitrogen and oxygen atoms in total. The molecule has 6 rings (SSSR count). The number of carbonyl (C=O) groups is 2. The number of nitrogens with one attached hydrogen (secondary N) is 1. The van der Waals surface area contributed by atoms with Gasteiger partial charge in [-0.25, -0.2) is 0 Å². The van der Waals surface area contributed by atoms with Crippen molar-refractivity contribution in [1.82, 2.24) is 0 Å². The van der Waals surface area contributed by atoms with Gasteiger partial charge in [-0.05, 0) is 59.9 Å². The van der Waals surface area contributed by atoms with Gasteiger partial charge in [0.2, 0.25) is 11.5 Å². The minimum atomic E-state index is -0.888. The number of anilines is 2. The molecule has 48 heavy (non-hydrogen) atoms. The van der Waals surface area contributed by atoms with E-state index in [1.54, 1.807) is 29.2 Å². The third-order valence-corrected chi connectivity index (χ3v) is 8.89. The second-order valence-corrected chi connectivity index (χ2v) is 11.4. The first kappa shape index (κ1) is 32.3. The predicted molar refractivity (Wildman–Crippen MR) is 182 cm³/mol. The Hall–Kier alpha value is -5.64. The third-order valence-electron chi connectivity index (χ3n) is 8.89. The average Bonchev–Trinajstić information content (AvgIpc) is 3.28. The first-order valence-corrected chi connectivity index (χ1v) is 15.5. The zero-order valence-corrected chi connectivity index (χ0v) is 27.8. The fraction of sp³-hybridized carbons (Fsp3) is 0.263. The van der Waals surface area contributed by atoms with Crippen molar-refractivity contribution in [3.8, 4) is 34.5 Å². The van der Waals surface area contributed by atoms with Crippen molar-refractivity contribution in [3.63, 3.8) is 0 Å². The highest BCUT2D eigenvalue weighted by Crippen LogP contribution is 2.51. The summed E-state index contributed by atoms with van der Waals surface area (Å²) in [6.07, 6.45) is 0.834. The van der Waals surface area contributed by atoms with Crippen LogP contribution in [0.1, 0.15) is 46.3 Å². The van der Waals surface area contributed by atoms with Crippen LogP contribution in [0.5, 0.6) is 34.5 Å². The van der Waals surface area contributed by atoms with E-state index >= 15 is 4.79 Å². The highest BCUT2D eigenvalue weighted by atomic mass is 16.5. The maximum absolute atomic E-state index is 15.1. The highest BCUT2D eigenvalue weighted by Gasteiger charge is 2.43. The van der Waals surface area contributed by atoms with Gasteiger partial charge in [0.25, 0.3) is 5.91 Å². The lowest BCUT2D eigenvalue weighted by Gasteiger charge is -2.35. The smallest absolute Gasteiger partial charge is 0.259 e. The van der Waals surface area contributed by atoms with Gasteiger partial charge in [-0.2, -0.15) is 0 Å². The summed E-state index contributed by atoms with van der Waals surface area (Å²) in [7, 11) is 9.09. The minimum absolute atomic E-state index is 0.0462. The molecule has 1 amide bonds. The van der Waals surface area contributed by atoms with E-state index in [1.165, 1.54) is 42.7 Å². The van der Waals surface area contributed by atoms with Crippen molar-refractivity contribution in [2.24, 2.45) is 0 Å². The van der Waals surface area contributed by atoms with E-state index in [4.69, 9.17) is 28.4 Å². The molecule has 0 fully saturated rings. The Morgan fingerprint density at radius 3 is 1.77 bits per heavy atom. The molecule has 248 valence electrons. The SMILES string of the molecule is COc1cc(C(=O)N2c3ccccc3NC3=C(C(=O)C[C@H](c4ccccc4)C3)[C@@H]2c2cc(OC)c(OC)c(OC)c2)cc(OC)c1OC. The van der Waals surface area contributed by atoms with Gasteiger partial charge in [0, 0.05) is 23.3 Å². The molecular weight excluding hydrogens is 612 g/mol. The molecular formula is C38H38N2O8. The number of ether oxygens (including phenoxy) is 6. The zero-order chi connectivity index (χ0) is 33.9.